The lowest BCUT2D eigenvalue weighted by atomic mass is 9.92. The Morgan fingerprint density at radius 2 is 2.24 bits per heavy atom. The van der Waals surface area contributed by atoms with Crippen LogP contribution in [0.15, 0.2) is 18.2 Å². The van der Waals surface area contributed by atoms with Crippen LogP contribution in [0.2, 0.25) is 0 Å². The lowest BCUT2D eigenvalue weighted by Gasteiger charge is -2.28. The highest BCUT2D eigenvalue weighted by atomic mass is 19.1. The van der Waals surface area contributed by atoms with Gasteiger partial charge in [0.25, 0.3) is 0 Å². The molecule has 2 rings (SSSR count). The van der Waals surface area contributed by atoms with Gasteiger partial charge in [-0.2, -0.15) is 0 Å². The molecule has 0 spiro atoms. The van der Waals surface area contributed by atoms with E-state index in [2.05, 4.69) is 12.2 Å². The monoisotopic (exact) mass is 237 g/mol. The molecule has 1 heterocycles. The molecule has 0 radical (unpaired) electrons. The summed E-state index contributed by atoms with van der Waals surface area (Å²) in [7, 11) is 1.50. The summed E-state index contributed by atoms with van der Waals surface area (Å²) in [6.07, 6.45) is 3.09. The molecular weight excluding hydrogens is 217 g/mol. The highest BCUT2D eigenvalue weighted by Gasteiger charge is 2.19. The molecule has 1 aliphatic rings. The van der Waals surface area contributed by atoms with Gasteiger partial charge in [0.1, 0.15) is 0 Å². The van der Waals surface area contributed by atoms with Gasteiger partial charge in [0.15, 0.2) is 11.6 Å². The van der Waals surface area contributed by atoms with Crippen LogP contribution >= 0.6 is 0 Å². The number of halogens is 1. The summed E-state index contributed by atoms with van der Waals surface area (Å²) in [4.78, 5) is 0. The van der Waals surface area contributed by atoms with Crippen molar-refractivity contribution in [3.8, 4) is 5.75 Å². The Morgan fingerprint density at radius 1 is 1.41 bits per heavy atom. The first-order chi connectivity index (χ1) is 8.20. The third-order valence-corrected chi connectivity index (χ3v) is 3.49. The minimum atomic E-state index is -0.213. The van der Waals surface area contributed by atoms with E-state index in [9.17, 15) is 4.39 Å². The first-order valence-electron chi connectivity index (χ1n) is 6.25. The number of nitrogens with one attached hydrogen (secondary N) is 1. The Kier molecular flexibility index (Phi) is 4.00. The molecule has 1 aliphatic heterocycles. The molecule has 1 saturated heterocycles. The van der Waals surface area contributed by atoms with Gasteiger partial charge in [-0.25, -0.2) is 4.39 Å². The van der Waals surface area contributed by atoms with E-state index in [1.807, 2.05) is 12.1 Å². The van der Waals surface area contributed by atoms with E-state index in [0.29, 0.717) is 11.8 Å². The standard InChI is InChI=1S/C14H20FNO/c1-10-6-7-12(16-9-10)8-11-4-3-5-13(17-2)14(11)15/h3-5,10,12,16H,6-9H2,1-2H3. The molecule has 3 heteroatoms. The second kappa shape index (κ2) is 5.50. The average molecular weight is 237 g/mol. The van der Waals surface area contributed by atoms with E-state index in [1.54, 1.807) is 6.07 Å². The fourth-order valence-corrected chi connectivity index (χ4v) is 2.37. The maximum absolute atomic E-state index is 14.0. The van der Waals surface area contributed by atoms with Gasteiger partial charge in [-0.3, -0.25) is 0 Å². The number of ether oxygens (including phenoxy) is 1. The van der Waals surface area contributed by atoms with Crippen molar-refractivity contribution >= 4 is 0 Å². The molecule has 17 heavy (non-hydrogen) atoms. The Morgan fingerprint density at radius 3 is 2.88 bits per heavy atom. The van der Waals surface area contributed by atoms with Crippen LogP contribution in [-0.4, -0.2) is 19.7 Å². The molecular formula is C14H20FNO. The Labute approximate surface area is 102 Å². The highest BCUT2D eigenvalue weighted by molar-refractivity contribution is 5.31. The van der Waals surface area contributed by atoms with Crippen LogP contribution in [0.1, 0.15) is 25.3 Å². The molecule has 0 bridgehead atoms. The molecule has 2 unspecified atom stereocenters. The van der Waals surface area contributed by atoms with Crippen LogP contribution in [0.5, 0.6) is 5.75 Å². The molecule has 1 fully saturated rings. The molecule has 0 aromatic heterocycles. The predicted octanol–water partition coefficient (Wildman–Crippen LogP) is 2.76. The second-order valence-corrected chi connectivity index (χ2v) is 4.93. The topological polar surface area (TPSA) is 21.3 Å². The van der Waals surface area contributed by atoms with Crippen molar-refractivity contribution in [3.63, 3.8) is 0 Å². The van der Waals surface area contributed by atoms with Gasteiger partial charge < -0.3 is 10.1 Å². The van der Waals surface area contributed by atoms with E-state index < -0.39 is 0 Å². The molecule has 94 valence electrons. The van der Waals surface area contributed by atoms with Crippen LogP contribution in [0.25, 0.3) is 0 Å². The Hall–Kier alpha value is -1.09. The van der Waals surface area contributed by atoms with Gasteiger partial charge >= 0.3 is 0 Å². The summed E-state index contributed by atoms with van der Waals surface area (Å²) in [5.74, 6) is 0.864. The normalized spacial score (nSPS) is 24.6. The zero-order chi connectivity index (χ0) is 12.3. The number of benzene rings is 1. The van der Waals surface area contributed by atoms with E-state index in [0.717, 1.165) is 30.9 Å². The third-order valence-electron chi connectivity index (χ3n) is 3.49. The number of hydrogen-bond acceptors (Lipinski definition) is 2. The van der Waals surface area contributed by atoms with Crippen molar-refractivity contribution in [2.24, 2.45) is 5.92 Å². The van der Waals surface area contributed by atoms with Gasteiger partial charge in [-0.15, -0.1) is 0 Å². The van der Waals surface area contributed by atoms with Crippen LogP contribution in [0.3, 0.4) is 0 Å². The summed E-state index contributed by atoms with van der Waals surface area (Å²) in [6.45, 7) is 3.28. The molecule has 0 saturated carbocycles. The van der Waals surface area contributed by atoms with Crippen LogP contribution in [0, 0.1) is 11.7 Å². The summed E-state index contributed by atoms with van der Waals surface area (Å²) in [5.41, 5.74) is 0.747. The average Bonchev–Trinajstić information content (AvgIpc) is 2.35. The maximum atomic E-state index is 14.0. The van der Waals surface area contributed by atoms with Crippen LogP contribution in [-0.2, 0) is 6.42 Å². The fraction of sp³-hybridized carbons (Fsp3) is 0.571. The molecule has 0 aliphatic carbocycles. The van der Waals surface area contributed by atoms with Gasteiger partial charge in [-0.1, -0.05) is 19.1 Å². The highest BCUT2D eigenvalue weighted by Crippen LogP contribution is 2.23. The second-order valence-electron chi connectivity index (χ2n) is 4.93. The van der Waals surface area contributed by atoms with Gasteiger partial charge in [-0.05, 0) is 43.4 Å². The third kappa shape index (κ3) is 2.97. The van der Waals surface area contributed by atoms with Crippen molar-refractivity contribution < 1.29 is 9.13 Å². The maximum Gasteiger partial charge on any atom is 0.168 e. The number of methoxy groups -OCH3 is 1. The van der Waals surface area contributed by atoms with Gasteiger partial charge in [0, 0.05) is 6.04 Å². The largest absolute Gasteiger partial charge is 0.494 e. The fourth-order valence-electron chi connectivity index (χ4n) is 2.37. The number of piperidine rings is 1. The molecule has 1 aromatic rings. The van der Waals surface area contributed by atoms with E-state index >= 15 is 0 Å². The molecule has 2 atom stereocenters. The van der Waals surface area contributed by atoms with Gasteiger partial charge in [0.05, 0.1) is 7.11 Å². The number of hydrogen-bond donors (Lipinski definition) is 1. The van der Waals surface area contributed by atoms with Crippen LogP contribution in [0.4, 0.5) is 4.39 Å². The van der Waals surface area contributed by atoms with Crippen molar-refractivity contribution in [1.29, 1.82) is 0 Å². The molecule has 1 aromatic carbocycles. The molecule has 1 N–H and O–H groups in total. The first kappa shape index (κ1) is 12.4. The van der Waals surface area contributed by atoms with E-state index in [1.165, 1.54) is 13.5 Å². The van der Waals surface area contributed by atoms with Crippen molar-refractivity contribution in [2.75, 3.05) is 13.7 Å². The Bertz CT molecular complexity index is 372. The van der Waals surface area contributed by atoms with E-state index in [-0.39, 0.29) is 5.82 Å². The minimum absolute atomic E-state index is 0.213. The first-order valence-corrected chi connectivity index (χ1v) is 6.25. The van der Waals surface area contributed by atoms with Crippen molar-refractivity contribution in [1.82, 2.24) is 5.32 Å². The summed E-state index contributed by atoms with van der Waals surface area (Å²) in [5, 5.41) is 3.47. The summed E-state index contributed by atoms with van der Waals surface area (Å²) >= 11 is 0. The lowest BCUT2D eigenvalue weighted by molar-refractivity contribution is 0.322. The zero-order valence-corrected chi connectivity index (χ0v) is 10.5. The Balaban J connectivity index is 2.03. The van der Waals surface area contributed by atoms with Crippen molar-refractivity contribution in [2.45, 2.75) is 32.2 Å². The molecule has 0 amide bonds. The smallest absolute Gasteiger partial charge is 0.168 e. The zero-order valence-electron chi connectivity index (χ0n) is 10.5. The minimum Gasteiger partial charge on any atom is -0.494 e. The van der Waals surface area contributed by atoms with E-state index in [4.69, 9.17) is 4.74 Å². The SMILES string of the molecule is COc1cccc(CC2CCC(C)CN2)c1F. The number of rotatable bonds is 3. The lowest BCUT2D eigenvalue weighted by Crippen LogP contribution is -2.39. The van der Waals surface area contributed by atoms with Gasteiger partial charge in [0.2, 0.25) is 0 Å². The quantitative estimate of drug-likeness (QED) is 0.872. The predicted molar refractivity (Wildman–Crippen MR) is 66.8 cm³/mol. The van der Waals surface area contributed by atoms with Crippen LogP contribution < -0.4 is 10.1 Å². The molecule has 2 nitrogen and oxygen atoms in total. The summed E-state index contributed by atoms with van der Waals surface area (Å²) < 4.78 is 18.9. The van der Waals surface area contributed by atoms with Crippen molar-refractivity contribution in [3.05, 3.63) is 29.6 Å². The summed E-state index contributed by atoms with van der Waals surface area (Å²) in [6, 6.07) is 5.75.